The Kier molecular flexibility index (Phi) is 4.11. The van der Waals surface area contributed by atoms with Gasteiger partial charge in [-0.3, -0.25) is 0 Å². The molecule has 3 rings (SSSR count). The molecule has 1 saturated heterocycles. The Morgan fingerprint density at radius 3 is 3.17 bits per heavy atom. The van der Waals surface area contributed by atoms with E-state index in [4.69, 9.17) is 0 Å². The summed E-state index contributed by atoms with van der Waals surface area (Å²) in [7, 11) is 0. The zero-order valence-electron chi connectivity index (χ0n) is 9.99. The van der Waals surface area contributed by atoms with E-state index in [1.165, 1.54) is 29.7 Å². The van der Waals surface area contributed by atoms with Crippen LogP contribution in [0.15, 0.2) is 22.7 Å². The summed E-state index contributed by atoms with van der Waals surface area (Å²) in [4.78, 5) is 4.62. The summed E-state index contributed by atoms with van der Waals surface area (Å²) in [5, 5.41) is 5.31. The number of rotatable bonds is 3. The molecule has 96 valence electrons. The molecule has 1 unspecified atom stereocenters. The zero-order chi connectivity index (χ0) is 12.4. The lowest BCUT2D eigenvalue weighted by Gasteiger charge is -2.21. The number of nitrogens with zero attached hydrogens (tertiary/aromatic N) is 1. The molecule has 0 spiro atoms. The highest BCUT2D eigenvalue weighted by atomic mass is 79.9. The van der Waals surface area contributed by atoms with Crippen LogP contribution in [0.1, 0.15) is 19.3 Å². The van der Waals surface area contributed by atoms with Gasteiger partial charge in [-0.25, -0.2) is 4.98 Å². The van der Waals surface area contributed by atoms with Gasteiger partial charge in [0, 0.05) is 16.3 Å². The molecular formula is C13H15BrN2S2. The fourth-order valence-electron chi connectivity index (χ4n) is 2.14. The highest BCUT2D eigenvalue weighted by Gasteiger charge is 2.14. The SMILES string of the molecule is Brc1ccc2nc(NCC3CCCCS3)sc2c1. The summed E-state index contributed by atoms with van der Waals surface area (Å²) in [6.45, 7) is 1.05. The first kappa shape index (κ1) is 12.8. The van der Waals surface area contributed by atoms with E-state index in [9.17, 15) is 0 Å². The number of thiazole rings is 1. The third kappa shape index (κ3) is 3.00. The quantitative estimate of drug-likeness (QED) is 0.870. The van der Waals surface area contributed by atoms with Crippen LogP contribution in [0.25, 0.3) is 10.2 Å². The molecular weight excluding hydrogens is 328 g/mol. The number of benzene rings is 1. The molecule has 2 nitrogen and oxygen atoms in total. The van der Waals surface area contributed by atoms with Gasteiger partial charge in [0.1, 0.15) is 0 Å². The molecule has 2 aromatic rings. The predicted molar refractivity (Wildman–Crippen MR) is 85.9 cm³/mol. The third-order valence-electron chi connectivity index (χ3n) is 3.11. The number of anilines is 1. The Morgan fingerprint density at radius 1 is 1.39 bits per heavy atom. The number of fused-ring (bicyclic) bond motifs is 1. The molecule has 1 atom stereocenters. The van der Waals surface area contributed by atoms with E-state index in [1.54, 1.807) is 11.3 Å². The van der Waals surface area contributed by atoms with Gasteiger partial charge in [-0.05, 0) is 36.8 Å². The predicted octanol–water partition coefficient (Wildman–Crippen LogP) is 4.76. The summed E-state index contributed by atoms with van der Waals surface area (Å²) in [6.07, 6.45) is 4.11. The highest BCUT2D eigenvalue weighted by molar-refractivity contribution is 9.10. The van der Waals surface area contributed by atoms with Crippen LogP contribution in [0.4, 0.5) is 5.13 Å². The van der Waals surface area contributed by atoms with Crippen molar-refractivity contribution in [2.45, 2.75) is 24.5 Å². The van der Waals surface area contributed by atoms with Crippen molar-refractivity contribution in [2.24, 2.45) is 0 Å². The van der Waals surface area contributed by atoms with Gasteiger partial charge < -0.3 is 5.32 Å². The number of thioether (sulfide) groups is 1. The van der Waals surface area contributed by atoms with E-state index in [1.807, 2.05) is 6.07 Å². The molecule has 0 radical (unpaired) electrons. The highest BCUT2D eigenvalue weighted by Crippen LogP contribution is 2.30. The standard InChI is InChI=1S/C13H15BrN2S2/c14-9-4-5-11-12(7-9)18-13(16-11)15-8-10-3-1-2-6-17-10/h4-5,7,10H,1-3,6,8H2,(H,15,16). The number of halogens is 1. The average molecular weight is 343 g/mol. The molecule has 2 heterocycles. The van der Waals surface area contributed by atoms with E-state index in [0.717, 1.165) is 26.9 Å². The zero-order valence-corrected chi connectivity index (χ0v) is 13.2. The second-order valence-corrected chi connectivity index (χ2v) is 7.86. The number of hydrogen-bond acceptors (Lipinski definition) is 4. The van der Waals surface area contributed by atoms with Crippen molar-refractivity contribution in [2.75, 3.05) is 17.6 Å². The minimum atomic E-state index is 0.762. The molecule has 1 aliphatic rings. The average Bonchev–Trinajstić information content (AvgIpc) is 2.79. The molecule has 0 amide bonds. The van der Waals surface area contributed by atoms with Crippen LogP contribution < -0.4 is 5.32 Å². The van der Waals surface area contributed by atoms with Gasteiger partial charge in [0.2, 0.25) is 0 Å². The van der Waals surface area contributed by atoms with Gasteiger partial charge in [0.15, 0.2) is 5.13 Å². The van der Waals surface area contributed by atoms with Gasteiger partial charge in [-0.2, -0.15) is 11.8 Å². The van der Waals surface area contributed by atoms with Crippen LogP contribution in [0.5, 0.6) is 0 Å². The summed E-state index contributed by atoms with van der Waals surface area (Å²) in [5.41, 5.74) is 1.09. The molecule has 1 aromatic carbocycles. The molecule has 1 N–H and O–H groups in total. The molecule has 1 fully saturated rings. The monoisotopic (exact) mass is 342 g/mol. The molecule has 1 aliphatic heterocycles. The maximum atomic E-state index is 4.62. The first-order valence-electron chi connectivity index (χ1n) is 6.23. The van der Waals surface area contributed by atoms with Gasteiger partial charge in [0.25, 0.3) is 0 Å². The van der Waals surface area contributed by atoms with Gasteiger partial charge in [-0.1, -0.05) is 33.7 Å². The van der Waals surface area contributed by atoms with Crippen LogP contribution in [0.2, 0.25) is 0 Å². The third-order valence-corrected chi connectivity index (χ3v) is 5.97. The first-order valence-corrected chi connectivity index (χ1v) is 8.89. The van der Waals surface area contributed by atoms with E-state index >= 15 is 0 Å². The Morgan fingerprint density at radius 2 is 2.33 bits per heavy atom. The van der Waals surface area contributed by atoms with Gasteiger partial charge in [-0.15, -0.1) is 0 Å². The van der Waals surface area contributed by atoms with E-state index in [-0.39, 0.29) is 0 Å². The summed E-state index contributed by atoms with van der Waals surface area (Å²) < 4.78 is 2.36. The van der Waals surface area contributed by atoms with E-state index in [2.05, 4.69) is 50.1 Å². The Labute approximate surface area is 124 Å². The molecule has 5 heteroatoms. The Balaban J connectivity index is 1.67. The fourth-order valence-corrected chi connectivity index (χ4v) is 4.81. The number of aromatic nitrogens is 1. The van der Waals surface area contributed by atoms with Crippen LogP contribution in [0, 0.1) is 0 Å². The van der Waals surface area contributed by atoms with Crippen molar-refractivity contribution in [1.29, 1.82) is 0 Å². The van der Waals surface area contributed by atoms with Crippen molar-refractivity contribution < 1.29 is 0 Å². The maximum absolute atomic E-state index is 4.62. The normalized spacial score (nSPS) is 20.2. The second-order valence-electron chi connectivity index (χ2n) is 4.50. The fraction of sp³-hybridized carbons (Fsp3) is 0.462. The summed E-state index contributed by atoms with van der Waals surface area (Å²) >= 11 is 7.34. The molecule has 0 saturated carbocycles. The molecule has 0 aliphatic carbocycles. The smallest absolute Gasteiger partial charge is 0.183 e. The lowest BCUT2D eigenvalue weighted by molar-refractivity contribution is 0.677. The maximum Gasteiger partial charge on any atom is 0.183 e. The Bertz CT molecular complexity index is 535. The van der Waals surface area contributed by atoms with Gasteiger partial charge >= 0.3 is 0 Å². The summed E-state index contributed by atoms with van der Waals surface area (Å²) in [5.74, 6) is 1.32. The minimum absolute atomic E-state index is 0.762. The van der Waals surface area contributed by atoms with Crippen molar-refractivity contribution >= 4 is 54.4 Å². The number of hydrogen-bond donors (Lipinski definition) is 1. The largest absolute Gasteiger partial charge is 0.360 e. The first-order chi connectivity index (χ1) is 8.81. The lowest BCUT2D eigenvalue weighted by atomic mass is 10.2. The topological polar surface area (TPSA) is 24.9 Å². The van der Waals surface area contributed by atoms with Crippen LogP contribution in [-0.2, 0) is 0 Å². The second kappa shape index (κ2) is 5.80. The number of nitrogens with one attached hydrogen (secondary N) is 1. The van der Waals surface area contributed by atoms with Crippen molar-refractivity contribution in [3.63, 3.8) is 0 Å². The van der Waals surface area contributed by atoms with Crippen LogP contribution >= 0.6 is 39.0 Å². The Hall–Kier alpha value is -0.260. The lowest BCUT2D eigenvalue weighted by Crippen LogP contribution is -2.19. The van der Waals surface area contributed by atoms with Crippen LogP contribution in [0.3, 0.4) is 0 Å². The van der Waals surface area contributed by atoms with Crippen molar-refractivity contribution in [1.82, 2.24) is 4.98 Å². The molecule has 18 heavy (non-hydrogen) atoms. The van der Waals surface area contributed by atoms with Crippen molar-refractivity contribution in [3.05, 3.63) is 22.7 Å². The minimum Gasteiger partial charge on any atom is -0.360 e. The van der Waals surface area contributed by atoms with E-state index < -0.39 is 0 Å². The van der Waals surface area contributed by atoms with Crippen LogP contribution in [-0.4, -0.2) is 22.5 Å². The van der Waals surface area contributed by atoms with Gasteiger partial charge in [0.05, 0.1) is 10.2 Å². The molecule has 0 bridgehead atoms. The van der Waals surface area contributed by atoms with Crippen molar-refractivity contribution in [3.8, 4) is 0 Å². The summed E-state index contributed by atoms with van der Waals surface area (Å²) in [6, 6.07) is 6.24. The molecule has 1 aromatic heterocycles. The van der Waals surface area contributed by atoms with E-state index in [0.29, 0.717) is 0 Å².